The number of hydrogen-bond acceptors (Lipinski definition) is 3. The van der Waals surface area contributed by atoms with E-state index in [0.717, 1.165) is 25.1 Å². The molecule has 3 nitrogen and oxygen atoms in total. The van der Waals surface area contributed by atoms with Gasteiger partial charge < -0.3 is 11.1 Å². The monoisotopic (exact) mass is 251 g/mol. The molecule has 0 unspecified atom stereocenters. The molecule has 0 saturated heterocycles. The fourth-order valence-corrected chi connectivity index (χ4v) is 2.04. The molecule has 0 aliphatic carbocycles. The quantitative estimate of drug-likeness (QED) is 0.763. The SMILES string of the molecule is CCC(CC)(CC)Nc1cccc(C(N)=S)n1. The molecule has 0 aliphatic heterocycles. The highest BCUT2D eigenvalue weighted by molar-refractivity contribution is 7.80. The average molecular weight is 251 g/mol. The molecule has 0 saturated carbocycles. The number of anilines is 1. The maximum Gasteiger partial charge on any atom is 0.127 e. The van der Waals surface area contributed by atoms with E-state index in [1.807, 2.05) is 18.2 Å². The summed E-state index contributed by atoms with van der Waals surface area (Å²) >= 11 is 4.94. The van der Waals surface area contributed by atoms with Crippen LogP contribution in [-0.4, -0.2) is 15.5 Å². The van der Waals surface area contributed by atoms with Crippen molar-refractivity contribution in [3.63, 3.8) is 0 Å². The van der Waals surface area contributed by atoms with Crippen molar-refractivity contribution in [3.05, 3.63) is 23.9 Å². The van der Waals surface area contributed by atoms with Crippen LogP contribution < -0.4 is 11.1 Å². The first kappa shape index (κ1) is 13.9. The fraction of sp³-hybridized carbons (Fsp3) is 0.538. The second-order valence-corrected chi connectivity index (χ2v) is 4.68. The summed E-state index contributed by atoms with van der Waals surface area (Å²) in [4.78, 5) is 4.76. The largest absolute Gasteiger partial charge is 0.388 e. The first-order valence-corrected chi connectivity index (χ1v) is 6.52. The third-order valence-corrected chi connectivity index (χ3v) is 3.63. The smallest absolute Gasteiger partial charge is 0.127 e. The zero-order valence-electron chi connectivity index (χ0n) is 10.8. The third-order valence-electron chi connectivity index (χ3n) is 3.43. The molecule has 1 heterocycles. The Labute approximate surface area is 109 Å². The van der Waals surface area contributed by atoms with Crippen LogP contribution in [0.5, 0.6) is 0 Å². The summed E-state index contributed by atoms with van der Waals surface area (Å²) in [5.74, 6) is 0.848. The van der Waals surface area contributed by atoms with Crippen molar-refractivity contribution in [2.75, 3.05) is 5.32 Å². The van der Waals surface area contributed by atoms with E-state index in [2.05, 4.69) is 31.1 Å². The summed E-state index contributed by atoms with van der Waals surface area (Å²) in [5.41, 5.74) is 6.37. The summed E-state index contributed by atoms with van der Waals surface area (Å²) in [7, 11) is 0. The minimum absolute atomic E-state index is 0.113. The number of pyridine rings is 1. The molecule has 0 aromatic carbocycles. The van der Waals surface area contributed by atoms with E-state index in [9.17, 15) is 0 Å². The molecule has 1 aromatic rings. The molecule has 3 N–H and O–H groups in total. The minimum atomic E-state index is 0.113. The molecule has 0 aliphatic rings. The van der Waals surface area contributed by atoms with Crippen molar-refractivity contribution >= 4 is 23.0 Å². The number of thiocarbonyl (C=S) groups is 1. The van der Waals surface area contributed by atoms with E-state index in [0.29, 0.717) is 10.7 Å². The summed E-state index contributed by atoms with van der Waals surface area (Å²) < 4.78 is 0. The van der Waals surface area contributed by atoms with Crippen LogP contribution >= 0.6 is 12.2 Å². The van der Waals surface area contributed by atoms with Crippen LogP contribution in [-0.2, 0) is 0 Å². The van der Waals surface area contributed by atoms with Gasteiger partial charge in [0.2, 0.25) is 0 Å². The van der Waals surface area contributed by atoms with Crippen LogP contribution in [0.3, 0.4) is 0 Å². The molecular formula is C13H21N3S. The van der Waals surface area contributed by atoms with Gasteiger partial charge in [-0.25, -0.2) is 4.98 Å². The molecule has 0 fully saturated rings. The van der Waals surface area contributed by atoms with E-state index < -0.39 is 0 Å². The molecule has 0 amide bonds. The van der Waals surface area contributed by atoms with Gasteiger partial charge in [-0.05, 0) is 31.4 Å². The van der Waals surface area contributed by atoms with Crippen LogP contribution in [0.4, 0.5) is 5.82 Å². The Kier molecular flexibility index (Phi) is 4.87. The summed E-state index contributed by atoms with van der Waals surface area (Å²) in [5, 5.41) is 3.51. The Morgan fingerprint density at radius 2 is 1.88 bits per heavy atom. The molecule has 0 bridgehead atoms. The summed E-state index contributed by atoms with van der Waals surface area (Å²) in [6.45, 7) is 6.58. The Balaban J connectivity index is 2.93. The highest BCUT2D eigenvalue weighted by atomic mass is 32.1. The van der Waals surface area contributed by atoms with Crippen LogP contribution in [0.1, 0.15) is 45.7 Å². The predicted molar refractivity (Wildman–Crippen MR) is 77.4 cm³/mol. The van der Waals surface area contributed by atoms with Gasteiger partial charge in [0.1, 0.15) is 10.8 Å². The van der Waals surface area contributed by atoms with Crippen LogP contribution in [0, 0.1) is 0 Å². The lowest BCUT2D eigenvalue weighted by atomic mass is 9.90. The van der Waals surface area contributed by atoms with E-state index in [1.54, 1.807) is 0 Å². The van der Waals surface area contributed by atoms with Crippen LogP contribution in [0.25, 0.3) is 0 Å². The first-order valence-electron chi connectivity index (χ1n) is 6.12. The zero-order chi connectivity index (χ0) is 12.9. The van der Waals surface area contributed by atoms with E-state index >= 15 is 0 Å². The highest BCUT2D eigenvalue weighted by Gasteiger charge is 2.23. The second kappa shape index (κ2) is 5.96. The molecule has 1 aromatic heterocycles. The van der Waals surface area contributed by atoms with E-state index in [-0.39, 0.29) is 5.54 Å². The van der Waals surface area contributed by atoms with Gasteiger partial charge in [-0.2, -0.15) is 0 Å². The molecular weight excluding hydrogens is 230 g/mol. The minimum Gasteiger partial charge on any atom is -0.388 e. The molecule has 1 rings (SSSR count). The van der Waals surface area contributed by atoms with Gasteiger partial charge in [-0.1, -0.05) is 39.1 Å². The Bertz CT molecular complexity index is 378. The highest BCUT2D eigenvalue weighted by Crippen LogP contribution is 2.24. The molecule has 94 valence electrons. The summed E-state index contributed by atoms with van der Waals surface area (Å²) in [6.07, 6.45) is 3.21. The van der Waals surface area contributed by atoms with Gasteiger partial charge in [0.25, 0.3) is 0 Å². The Hall–Kier alpha value is -1.16. The van der Waals surface area contributed by atoms with Crippen molar-refractivity contribution in [1.29, 1.82) is 0 Å². The second-order valence-electron chi connectivity index (χ2n) is 4.24. The lowest BCUT2D eigenvalue weighted by molar-refractivity contribution is 0.419. The van der Waals surface area contributed by atoms with E-state index in [1.165, 1.54) is 0 Å². The van der Waals surface area contributed by atoms with Gasteiger partial charge in [0.15, 0.2) is 0 Å². The number of nitrogens with two attached hydrogens (primary N) is 1. The molecule has 17 heavy (non-hydrogen) atoms. The van der Waals surface area contributed by atoms with Crippen LogP contribution in [0.2, 0.25) is 0 Å². The maximum atomic E-state index is 5.59. The lowest BCUT2D eigenvalue weighted by Gasteiger charge is -2.32. The van der Waals surface area contributed by atoms with Gasteiger partial charge in [-0.3, -0.25) is 0 Å². The molecule has 4 heteroatoms. The number of aromatic nitrogens is 1. The number of nitrogens with zero attached hydrogens (tertiary/aromatic N) is 1. The van der Waals surface area contributed by atoms with E-state index in [4.69, 9.17) is 18.0 Å². The Morgan fingerprint density at radius 1 is 1.29 bits per heavy atom. The molecule has 0 radical (unpaired) electrons. The molecule has 0 spiro atoms. The van der Waals surface area contributed by atoms with Gasteiger partial charge in [0.05, 0.1) is 5.69 Å². The van der Waals surface area contributed by atoms with Gasteiger partial charge >= 0.3 is 0 Å². The van der Waals surface area contributed by atoms with Crippen molar-refractivity contribution < 1.29 is 0 Å². The number of hydrogen-bond donors (Lipinski definition) is 2. The number of rotatable bonds is 6. The topological polar surface area (TPSA) is 50.9 Å². The van der Waals surface area contributed by atoms with Gasteiger partial charge in [0, 0.05) is 5.54 Å². The van der Waals surface area contributed by atoms with Crippen molar-refractivity contribution in [2.45, 2.75) is 45.6 Å². The maximum absolute atomic E-state index is 5.59. The zero-order valence-corrected chi connectivity index (χ0v) is 11.6. The number of nitrogens with one attached hydrogen (secondary N) is 1. The first-order chi connectivity index (χ1) is 8.06. The predicted octanol–water partition coefficient (Wildman–Crippen LogP) is 3.10. The lowest BCUT2D eigenvalue weighted by Crippen LogP contribution is -2.36. The van der Waals surface area contributed by atoms with Gasteiger partial charge in [-0.15, -0.1) is 0 Å². The van der Waals surface area contributed by atoms with Crippen LogP contribution in [0.15, 0.2) is 18.2 Å². The molecule has 0 atom stereocenters. The van der Waals surface area contributed by atoms with Crippen molar-refractivity contribution in [2.24, 2.45) is 5.73 Å². The average Bonchev–Trinajstić information content (AvgIpc) is 2.36. The van der Waals surface area contributed by atoms with Crippen molar-refractivity contribution in [1.82, 2.24) is 4.98 Å². The van der Waals surface area contributed by atoms with Crippen molar-refractivity contribution in [3.8, 4) is 0 Å². The fourth-order valence-electron chi connectivity index (χ4n) is 1.93. The third kappa shape index (κ3) is 3.40. The summed E-state index contributed by atoms with van der Waals surface area (Å²) in [6, 6.07) is 5.71. The normalized spacial score (nSPS) is 11.2. The standard InChI is InChI=1S/C13H21N3S/c1-4-13(5-2,6-3)16-11-9-7-8-10(15-11)12(14)17/h7-9H,4-6H2,1-3H3,(H2,14,17)(H,15,16). The Morgan fingerprint density at radius 3 is 2.35 bits per heavy atom.